The quantitative estimate of drug-likeness (QED) is 0.850. The van der Waals surface area contributed by atoms with Gasteiger partial charge in [0.25, 0.3) is 0 Å². The second kappa shape index (κ2) is 5.41. The van der Waals surface area contributed by atoms with Gasteiger partial charge >= 0.3 is 0 Å². The van der Waals surface area contributed by atoms with Gasteiger partial charge in [0.2, 0.25) is 0 Å². The number of piperidine rings is 1. The van der Waals surface area contributed by atoms with Crippen LogP contribution >= 0.6 is 0 Å². The van der Waals surface area contributed by atoms with E-state index < -0.39 is 0 Å². The first-order valence-corrected chi connectivity index (χ1v) is 6.01. The molecule has 3 heteroatoms. The molecule has 0 spiro atoms. The fraction of sp³-hybridized carbons (Fsp3) is 0.538. The Bertz CT molecular complexity index is 334. The Kier molecular flexibility index (Phi) is 3.91. The summed E-state index contributed by atoms with van der Waals surface area (Å²) in [7, 11) is 0. The zero-order valence-corrected chi connectivity index (χ0v) is 9.53. The maximum Gasteiger partial charge on any atom is 0.128 e. The van der Waals surface area contributed by atoms with Crippen molar-refractivity contribution in [2.75, 3.05) is 19.6 Å². The van der Waals surface area contributed by atoms with Crippen LogP contribution in [0.2, 0.25) is 0 Å². The number of rotatable bonds is 3. The second-order valence-electron chi connectivity index (χ2n) is 4.37. The molecule has 0 saturated carbocycles. The van der Waals surface area contributed by atoms with Crippen LogP contribution in [0.15, 0.2) is 24.3 Å². The third-order valence-corrected chi connectivity index (χ3v) is 3.32. The number of hydrogen-bond donors (Lipinski definition) is 1. The minimum atomic E-state index is -0.136. The van der Waals surface area contributed by atoms with Crippen molar-refractivity contribution in [1.29, 1.82) is 0 Å². The Balaban J connectivity index is 2.18. The molecule has 1 saturated heterocycles. The van der Waals surface area contributed by atoms with Gasteiger partial charge < -0.3 is 5.73 Å². The van der Waals surface area contributed by atoms with Crippen LogP contribution in [0, 0.1) is 5.82 Å². The molecule has 0 unspecified atom stereocenters. The van der Waals surface area contributed by atoms with E-state index in [1.54, 1.807) is 6.07 Å². The van der Waals surface area contributed by atoms with Gasteiger partial charge in [-0.1, -0.05) is 24.6 Å². The summed E-state index contributed by atoms with van der Waals surface area (Å²) in [6.07, 6.45) is 3.68. The fourth-order valence-electron chi connectivity index (χ4n) is 2.45. The van der Waals surface area contributed by atoms with Gasteiger partial charge in [0.15, 0.2) is 0 Å². The van der Waals surface area contributed by atoms with Crippen molar-refractivity contribution in [2.45, 2.75) is 25.3 Å². The lowest BCUT2D eigenvalue weighted by Crippen LogP contribution is -2.37. The lowest BCUT2D eigenvalue weighted by molar-refractivity contribution is 0.164. The first kappa shape index (κ1) is 11.6. The normalized spacial score (nSPS) is 19.6. The molecule has 1 atom stereocenters. The van der Waals surface area contributed by atoms with E-state index in [0.29, 0.717) is 6.54 Å². The van der Waals surface area contributed by atoms with Gasteiger partial charge in [-0.05, 0) is 32.0 Å². The fourth-order valence-corrected chi connectivity index (χ4v) is 2.45. The molecule has 1 aliphatic rings. The summed E-state index contributed by atoms with van der Waals surface area (Å²) in [5.74, 6) is -0.136. The van der Waals surface area contributed by atoms with E-state index in [4.69, 9.17) is 5.73 Å². The van der Waals surface area contributed by atoms with E-state index in [9.17, 15) is 4.39 Å². The molecule has 0 bridgehead atoms. The monoisotopic (exact) mass is 222 g/mol. The summed E-state index contributed by atoms with van der Waals surface area (Å²) < 4.78 is 13.7. The minimum absolute atomic E-state index is 0.0431. The molecule has 0 radical (unpaired) electrons. The van der Waals surface area contributed by atoms with Crippen molar-refractivity contribution < 1.29 is 4.39 Å². The summed E-state index contributed by atoms with van der Waals surface area (Å²) in [5.41, 5.74) is 6.54. The molecule has 1 fully saturated rings. The molecule has 16 heavy (non-hydrogen) atoms. The van der Waals surface area contributed by atoms with Gasteiger partial charge in [0.05, 0.1) is 0 Å². The van der Waals surface area contributed by atoms with Crippen molar-refractivity contribution in [3.8, 4) is 0 Å². The largest absolute Gasteiger partial charge is 0.329 e. The molecule has 0 aromatic heterocycles. The molecular weight excluding hydrogens is 203 g/mol. The average Bonchev–Trinajstić information content (AvgIpc) is 2.34. The Morgan fingerprint density at radius 2 is 1.88 bits per heavy atom. The highest BCUT2D eigenvalue weighted by molar-refractivity contribution is 5.21. The summed E-state index contributed by atoms with van der Waals surface area (Å²) in [6.45, 7) is 2.56. The lowest BCUT2D eigenvalue weighted by atomic mass is 10.0. The van der Waals surface area contributed by atoms with Gasteiger partial charge in [-0.3, -0.25) is 4.90 Å². The molecule has 1 heterocycles. The highest BCUT2D eigenvalue weighted by Gasteiger charge is 2.22. The zero-order chi connectivity index (χ0) is 11.4. The molecule has 2 rings (SSSR count). The van der Waals surface area contributed by atoms with Crippen molar-refractivity contribution in [3.63, 3.8) is 0 Å². The predicted molar refractivity (Wildman–Crippen MR) is 63.6 cm³/mol. The smallest absolute Gasteiger partial charge is 0.128 e. The molecule has 1 aliphatic heterocycles. The Labute approximate surface area is 96.2 Å². The van der Waals surface area contributed by atoms with Crippen molar-refractivity contribution in [1.82, 2.24) is 4.90 Å². The van der Waals surface area contributed by atoms with Crippen molar-refractivity contribution in [2.24, 2.45) is 5.73 Å². The standard InChI is InChI=1S/C13H19FN2/c14-12-7-3-2-6-11(12)13(10-15)16-8-4-1-5-9-16/h2-3,6-7,13H,1,4-5,8-10,15H2/t13-/m0/s1. The van der Waals surface area contributed by atoms with Crippen LogP contribution in [0.1, 0.15) is 30.9 Å². The number of likely N-dealkylation sites (tertiary alicyclic amines) is 1. The van der Waals surface area contributed by atoms with Crippen LogP contribution in [0.5, 0.6) is 0 Å². The summed E-state index contributed by atoms with van der Waals surface area (Å²) in [6, 6.07) is 7.01. The first-order valence-electron chi connectivity index (χ1n) is 6.01. The average molecular weight is 222 g/mol. The van der Waals surface area contributed by atoms with E-state index >= 15 is 0 Å². The zero-order valence-electron chi connectivity index (χ0n) is 9.53. The van der Waals surface area contributed by atoms with E-state index in [1.165, 1.54) is 25.3 Å². The van der Waals surface area contributed by atoms with E-state index in [-0.39, 0.29) is 11.9 Å². The Hall–Kier alpha value is -0.930. The molecule has 2 nitrogen and oxygen atoms in total. The number of benzene rings is 1. The summed E-state index contributed by atoms with van der Waals surface area (Å²) in [5, 5.41) is 0. The maximum atomic E-state index is 13.7. The van der Waals surface area contributed by atoms with Crippen molar-refractivity contribution >= 4 is 0 Å². The third-order valence-electron chi connectivity index (χ3n) is 3.32. The molecule has 0 aliphatic carbocycles. The number of hydrogen-bond acceptors (Lipinski definition) is 2. The lowest BCUT2D eigenvalue weighted by Gasteiger charge is -2.34. The Morgan fingerprint density at radius 3 is 2.50 bits per heavy atom. The molecular formula is C13H19FN2. The number of nitrogens with two attached hydrogens (primary N) is 1. The van der Waals surface area contributed by atoms with Crippen LogP contribution in [-0.2, 0) is 0 Å². The van der Waals surface area contributed by atoms with Crippen LogP contribution in [0.25, 0.3) is 0 Å². The second-order valence-corrected chi connectivity index (χ2v) is 4.37. The molecule has 1 aromatic rings. The van der Waals surface area contributed by atoms with Crippen LogP contribution in [0.3, 0.4) is 0 Å². The first-order chi connectivity index (χ1) is 7.83. The number of halogens is 1. The van der Waals surface area contributed by atoms with Gasteiger partial charge in [-0.2, -0.15) is 0 Å². The Morgan fingerprint density at radius 1 is 1.19 bits per heavy atom. The summed E-state index contributed by atoms with van der Waals surface area (Å²) >= 11 is 0. The van der Waals surface area contributed by atoms with Gasteiger partial charge in [0.1, 0.15) is 5.82 Å². The molecule has 0 amide bonds. The van der Waals surface area contributed by atoms with E-state index in [0.717, 1.165) is 18.7 Å². The highest BCUT2D eigenvalue weighted by atomic mass is 19.1. The van der Waals surface area contributed by atoms with Crippen LogP contribution in [0.4, 0.5) is 4.39 Å². The third kappa shape index (κ3) is 2.42. The topological polar surface area (TPSA) is 29.3 Å². The molecule has 88 valence electrons. The van der Waals surface area contributed by atoms with Crippen molar-refractivity contribution in [3.05, 3.63) is 35.6 Å². The van der Waals surface area contributed by atoms with Crippen LogP contribution in [-0.4, -0.2) is 24.5 Å². The summed E-state index contributed by atoms with van der Waals surface area (Å²) in [4.78, 5) is 2.31. The van der Waals surface area contributed by atoms with E-state index in [2.05, 4.69) is 4.90 Å². The van der Waals surface area contributed by atoms with Gasteiger partial charge in [0, 0.05) is 18.2 Å². The minimum Gasteiger partial charge on any atom is -0.329 e. The van der Waals surface area contributed by atoms with Gasteiger partial charge in [-0.25, -0.2) is 4.39 Å². The molecule has 2 N–H and O–H groups in total. The SMILES string of the molecule is NC[C@@H](c1ccccc1F)N1CCCCC1. The molecule has 1 aromatic carbocycles. The predicted octanol–water partition coefficient (Wildman–Crippen LogP) is 2.31. The van der Waals surface area contributed by atoms with Crippen LogP contribution < -0.4 is 5.73 Å². The maximum absolute atomic E-state index is 13.7. The van der Waals surface area contributed by atoms with E-state index in [1.807, 2.05) is 12.1 Å². The number of nitrogens with zero attached hydrogens (tertiary/aromatic N) is 1. The highest BCUT2D eigenvalue weighted by Crippen LogP contribution is 2.25. The van der Waals surface area contributed by atoms with Gasteiger partial charge in [-0.15, -0.1) is 0 Å².